The molecule has 0 N–H and O–H groups in total. The Bertz CT molecular complexity index is 520. The fourth-order valence-electron chi connectivity index (χ4n) is 1.99. The molecule has 7 heteroatoms. The molecule has 0 spiro atoms. The van der Waals surface area contributed by atoms with Crippen LogP contribution in [0.15, 0.2) is 12.1 Å². The first-order chi connectivity index (χ1) is 9.68. The zero-order valence-corrected chi connectivity index (χ0v) is 13.6. The summed E-state index contributed by atoms with van der Waals surface area (Å²) in [5.74, 6) is -0.285. The second-order valence-corrected chi connectivity index (χ2v) is 6.37. The van der Waals surface area contributed by atoms with Crippen molar-refractivity contribution in [3.8, 4) is 5.75 Å². The summed E-state index contributed by atoms with van der Waals surface area (Å²) < 4.78 is 36.3. The van der Waals surface area contributed by atoms with Crippen molar-refractivity contribution in [2.75, 3.05) is 13.9 Å². The fourth-order valence-corrected chi connectivity index (χ4v) is 2.19. The Balaban J connectivity index is 2.40. The molecule has 1 aliphatic rings. The monoisotopic (exact) mass is 316 g/mol. The third kappa shape index (κ3) is 3.18. The van der Waals surface area contributed by atoms with Crippen molar-refractivity contribution < 1.29 is 23.2 Å². The molecule has 21 heavy (non-hydrogen) atoms. The highest BCUT2D eigenvalue weighted by Gasteiger charge is 2.53. The fraction of sp³-hybridized carbons (Fsp3) is 0.571. The maximum atomic E-state index is 14.3. The van der Waals surface area contributed by atoms with E-state index in [4.69, 9.17) is 30.4 Å². The lowest BCUT2D eigenvalue weighted by molar-refractivity contribution is 0.00578. The molecule has 0 unspecified atom stereocenters. The summed E-state index contributed by atoms with van der Waals surface area (Å²) in [6.45, 7) is 7.58. The van der Waals surface area contributed by atoms with Crippen molar-refractivity contribution in [3.63, 3.8) is 0 Å². The van der Waals surface area contributed by atoms with Gasteiger partial charge in [0, 0.05) is 12.1 Å². The normalized spacial score (nSPS) is 19.9. The van der Waals surface area contributed by atoms with Gasteiger partial charge in [0.05, 0.1) is 16.7 Å². The number of halogens is 2. The Kier molecular flexibility index (Phi) is 4.54. The molecular formula is C14H19BClFO4. The van der Waals surface area contributed by atoms with Crippen LogP contribution in [0.4, 0.5) is 4.39 Å². The van der Waals surface area contributed by atoms with Gasteiger partial charge in [0.1, 0.15) is 11.6 Å². The smallest absolute Gasteiger partial charge is 0.468 e. The van der Waals surface area contributed by atoms with Crippen LogP contribution < -0.4 is 10.2 Å². The maximum Gasteiger partial charge on any atom is 0.501 e. The van der Waals surface area contributed by atoms with Crippen LogP contribution in [0.25, 0.3) is 0 Å². The van der Waals surface area contributed by atoms with Gasteiger partial charge in [-0.05, 0) is 39.8 Å². The average molecular weight is 317 g/mol. The molecular weight excluding hydrogens is 297 g/mol. The molecule has 0 bridgehead atoms. The predicted octanol–water partition coefficient (Wildman–Crippen LogP) is 2.76. The number of ether oxygens (including phenoxy) is 2. The molecule has 4 nitrogen and oxygen atoms in total. The van der Waals surface area contributed by atoms with E-state index in [-0.39, 0.29) is 23.0 Å². The number of rotatable bonds is 4. The van der Waals surface area contributed by atoms with Crippen molar-refractivity contribution in [2.45, 2.75) is 38.9 Å². The van der Waals surface area contributed by atoms with E-state index in [0.717, 1.165) is 0 Å². The van der Waals surface area contributed by atoms with Crippen LogP contribution in [0, 0.1) is 5.82 Å². The van der Waals surface area contributed by atoms with Crippen LogP contribution in [-0.2, 0) is 14.0 Å². The number of benzene rings is 1. The van der Waals surface area contributed by atoms with Gasteiger partial charge in [-0.25, -0.2) is 4.39 Å². The van der Waals surface area contributed by atoms with Gasteiger partial charge in [-0.15, -0.1) is 0 Å². The Morgan fingerprint density at radius 3 is 2.29 bits per heavy atom. The van der Waals surface area contributed by atoms with Crippen LogP contribution in [0.5, 0.6) is 5.75 Å². The quantitative estimate of drug-likeness (QED) is 0.632. The van der Waals surface area contributed by atoms with E-state index in [1.165, 1.54) is 19.2 Å². The lowest BCUT2D eigenvalue weighted by atomic mass is 9.78. The second kappa shape index (κ2) is 5.76. The Hall–Kier alpha value is -0.815. The molecule has 1 heterocycles. The van der Waals surface area contributed by atoms with Crippen molar-refractivity contribution in [1.82, 2.24) is 0 Å². The molecule has 0 atom stereocenters. The number of methoxy groups -OCH3 is 1. The van der Waals surface area contributed by atoms with E-state index >= 15 is 0 Å². The van der Waals surface area contributed by atoms with Crippen LogP contribution in [0.1, 0.15) is 27.7 Å². The summed E-state index contributed by atoms with van der Waals surface area (Å²) in [5, 5.41) is 0.235. The van der Waals surface area contributed by atoms with Gasteiger partial charge in [0.2, 0.25) is 0 Å². The lowest BCUT2D eigenvalue weighted by Gasteiger charge is -2.32. The van der Waals surface area contributed by atoms with Crippen molar-refractivity contribution in [1.29, 1.82) is 0 Å². The first-order valence-electron chi connectivity index (χ1n) is 6.64. The van der Waals surface area contributed by atoms with Gasteiger partial charge in [-0.2, -0.15) is 0 Å². The van der Waals surface area contributed by atoms with Gasteiger partial charge in [-0.3, -0.25) is 0 Å². The van der Waals surface area contributed by atoms with E-state index in [1.807, 2.05) is 27.7 Å². The van der Waals surface area contributed by atoms with Crippen molar-refractivity contribution in [3.05, 3.63) is 23.0 Å². The van der Waals surface area contributed by atoms with E-state index in [0.29, 0.717) is 0 Å². The van der Waals surface area contributed by atoms with Gasteiger partial charge >= 0.3 is 7.12 Å². The van der Waals surface area contributed by atoms with Crippen molar-refractivity contribution >= 4 is 24.2 Å². The van der Waals surface area contributed by atoms with Gasteiger partial charge in [0.15, 0.2) is 6.79 Å². The minimum Gasteiger partial charge on any atom is -0.468 e. The number of hydrogen-bond donors (Lipinski definition) is 0. The molecule has 0 radical (unpaired) electrons. The molecule has 1 aliphatic heterocycles. The Morgan fingerprint density at radius 2 is 1.76 bits per heavy atom. The largest absolute Gasteiger partial charge is 0.501 e. The molecule has 1 aromatic rings. The Morgan fingerprint density at radius 1 is 1.19 bits per heavy atom. The van der Waals surface area contributed by atoms with Crippen molar-refractivity contribution in [2.24, 2.45) is 0 Å². The highest BCUT2D eigenvalue weighted by atomic mass is 35.5. The summed E-state index contributed by atoms with van der Waals surface area (Å²) >= 11 is 5.88. The molecule has 0 aromatic heterocycles. The molecule has 1 fully saturated rings. The molecule has 1 aromatic carbocycles. The Labute approximate surface area is 129 Å². The first-order valence-corrected chi connectivity index (χ1v) is 7.02. The summed E-state index contributed by atoms with van der Waals surface area (Å²) in [7, 11) is 0.620. The molecule has 0 saturated carbocycles. The van der Waals surface area contributed by atoms with Gasteiger partial charge in [-0.1, -0.05) is 11.6 Å². The zero-order valence-electron chi connectivity index (χ0n) is 12.8. The topological polar surface area (TPSA) is 36.9 Å². The first kappa shape index (κ1) is 16.6. The molecule has 0 amide bonds. The van der Waals surface area contributed by atoms with E-state index in [1.54, 1.807) is 0 Å². The SMILES string of the molecule is COCOc1cc(Cl)cc(F)c1B1OC(C)(C)C(C)(C)O1. The minimum atomic E-state index is -0.862. The third-order valence-electron chi connectivity index (χ3n) is 3.88. The molecule has 2 rings (SSSR count). The number of hydrogen-bond acceptors (Lipinski definition) is 4. The van der Waals surface area contributed by atoms with E-state index in [9.17, 15) is 4.39 Å². The molecule has 1 saturated heterocycles. The van der Waals surface area contributed by atoms with E-state index < -0.39 is 24.1 Å². The highest BCUT2D eigenvalue weighted by molar-refractivity contribution is 6.63. The molecule has 116 valence electrons. The standard InChI is InChI=1S/C14H19BClFO4/c1-13(2)14(3,4)21-15(20-13)12-10(17)6-9(16)7-11(12)19-8-18-5/h6-7H,8H2,1-5H3. The lowest BCUT2D eigenvalue weighted by Crippen LogP contribution is -2.41. The van der Waals surface area contributed by atoms with E-state index in [2.05, 4.69) is 0 Å². The predicted molar refractivity (Wildman–Crippen MR) is 79.6 cm³/mol. The third-order valence-corrected chi connectivity index (χ3v) is 4.10. The summed E-state index contributed by atoms with van der Waals surface area (Å²) in [6, 6.07) is 2.73. The molecule has 0 aliphatic carbocycles. The average Bonchev–Trinajstić information content (AvgIpc) is 2.54. The van der Waals surface area contributed by atoms with Gasteiger partial charge < -0.3 is 18.8 Å². The van der Waals surface area contributed by atoms with Gasteiger partial charge in [0.25, 0.3) is 0 Å². The van der Waals surface area contributed by atoms with Crippen LogP contribution in [-0.4, -0.2) is 32.2 Å². The maximum absolute atomic E-state index is 14.3. The summed E-state index contributed by atoms with van der Waals surface area (Å²) in [4.78, 5) is 0. The highest BCUT2D eigenvalue weighted by Crippen LogP contribution is 2.37. The van der Waals surface area contributed by atoms with Crippen LogP contribution in [0.3, 0.4) is 0 Å². The summed E-state index contributed by atoms with van der Waals surface area (Å²) in [6.07, 6.45) is 0. The van der Waals surface area contributed by atoms with Crippen LogP contribution >= 0.6 is 11.6 Å². The zero-order chi connectivity index (χ0) is 15.8. The van der Waals surface area contributed by atoms with Crippen LogP contribution in [0.2, 0.25) is 5.02 Å². The summed E-state index contributed by atoms with van der Waals surface area (Å²) in [5.41, 5.74) is -0.944. The minimum absolute atomic E-state index is 0.0215. The second-order valence-electron chi connectivity index (χ2n) is 5.94.